The SMILES string of the molecule is CCOCOc1cccc(-c2ccc(NC(C)=O)c([N+](=O)[O-])c2)c1. The maximum Gasteiger partial charge on any atom is 0.293 e. The van der Waals surface area contributed by atoms with Crippen LogP contribution < -0.4 is 10.1 Å². The van der Waals surface area contributed by atoms with Gasteiger partial charge in [-0.3, -0.25) is 14.9 Å². The molecule has 0 heterocycles. The molecule has 7 nitrogen and oxygen atoms in total. The van der Waals surface area contributed by atoms with Crippen molar-refractivity contribution < 1.29 is 19.2 Å². The quantitative estimate of drug-likeness (QED) is 0.362. The van der Waals surface area contributed by atoms with E-state index in [4.69, 9.17) is 9.47 Å². The summed E-state index contributed by atoms with van der Waals surface area (Å²) in [5.74, 6) is 0.242. The van der Waals surface area contributed by atoms with E-state index in [0.29, 0.717) is 17.9 Å². The Morgan fingerprint density at radius 3 is 2.62 bits per heavy atom. The first-order valence-electron chi connectivity index (χ1n) is 7.38. The summed E-state index contributed by atoms with van der Waals surface area (Å²) >= 11 is 0. The standard InChI is InChI=1S/C17H18N2O5/c1-3-23-11-24-15-6-4-5-13(9-15)14-7-8-16(18-12(2)20)17(10-14)19(21)22/h4-10H,3,11H2,1-2H3,(H,18,20). The predicted molar refractivity (Wildman–Crippen MR) is 90.0 cm³/mol. The number of amides is 1. The molecule has 1 N–H and O–H groups in total. The molecule has 0 aliphatic rings. The molecule has 2 rings (SSSR count). The van der Waals surface area contributed by atoms with Crippen LogP contribution in [0.1, 0.15) is 13.8 Å². The van der Waals surface area contributed by atoms with Gasteiger partial charge >= 0.3 is 0 Å². The summed E-state index contributed by atoms with van der Waals surface area (Å²) in [7, 11) is 0. The van der Waals surface area contributed by atoms with E-state index in [2.05, 4.69) is 5.32 Å². The highest BCUT2D eigenvalue weighted by Gasteiger charge is 2.16. The minimum atomic E-state index is -0.524. The fraction of sp³-hybridized carbons (Fsp3) is 0.235. The Balaban J connectivity index is 2.31. The number of anilines is 1. The average Bonchev–Trinajstić information content (AvgIpc) is 2.55. The number of carbonyl (C=O) groups is 1. The maximum atomic E-state index is 11.2. The van der Waals surface area contributed by atoms with Crippen LogP contribution in [-0.2, 0) is 9.53 Å². The highest BCUT2D eigenvalue weighted by atomic mass is 16.7. The highest BCUT2D eigenvalue weighted by molar-refractivity contribution is 5.92. The van der Waals surface area contributed by atoms with Crippen LogP contribution in [0.4, 0.5) is 11.4 Å². The van der Waals surface area contributed by atoms with Gasteiger partial charge in [0, 0.05) is 19.6 Å². The Morgan fingerprint density at radius 2 is 1.96 bits per heavy atom. The van der Waals surface area contributed by atoms with Crippen LogP contribution in [-0.4, -0.2) is 24.2 Å². The van der Waals surface area contributed by atoms with Crippen LogP contribution in [0.3, 0.4) is 0 Å². The van der Waals surface area contributed by atoms with Crippen LogP contribution in [0.2, 0.25) is 0 Å². The van der Waals surface area contributed by atoms with Crippen molar-refractivity contribution >= 4 is 17.3 Å². The first-order valence-corrected chi connectivity index (χ1v) is 7.38. The van der Waals surface area contributed by atoms with Crippen molar-refractivity contribution in [1.82, 2.24) is 0 Å². The fourth-order valence-electron chi connectivity index (χ4n) is 2.12. The fourth-order valence-corrected chi connectivity index (χ4v) is 2.12. The van der Waals surface area contributed by atoms with Crippen molar-refractivity contribution in [1.29, 1.82) is 0 Å². The molecule has 0 saturated carbocycles. The summed E-state index contributed by atoms with van der Waals surface area (Å²) in [4.78, 5) is 21.9. The molecule has 0 bridgehead atoms. The van der Waals surface area contributed by atoms with Gasteiger partial charge in [0.2, 0.25) is 5.91 Å². The smallest absolute Gasteiger partial charge is 0.293 e. The molecule has 0 aliphatic heterocycles. The van der Waals surface area contributed by atoms with Crippen molar-refractivity contribution in [3.63, 3.8) is 0 Å². The number of rotatable bonds is 7. The summed E-state index contributed by atoms with van der Waals surface area (Å²) in [6, 6.07) is 11.8. The molecule has 0 radical (unpaired) electrons. The number of hydrogen-bond donors (Lipinski definition) is 1. The molecule has 0 saturated heterocycles. The van der Waals surface area contributed by atoms with Gasteiger partial charge in [-0.05, 0) is 36.2 Å². The number of nitro groups is 1. The Morgan fingerprint density at radius 1 is 1.21 bits per heavy atom. The van der Waals surface area contributed by atoms with Gasteiger partial charge < -0.3 is 14.8 Å². The lowest BCUT2D eigenvalue weighted by Gasteiger charge is -2.09. The zero-order valence-electron chi connectivity index (χ0n) is 13.4. The lowest BCUT2D eigenvalue weighted by Crippen LogP contribution is -2.08. The summed E-state index contributed by atoms with van der Waals surface area (Å²) in [6.07, 6.45) is 0. The molecule has 1 amide bonds. The third-order valence-corrected chi connectivity index (χ3v) is 3.19. The number of hydrogen-bond acceptors (Lipinski definition) is 5. The zero-order chi connectivity index (χ0) is 17.5. The molecular formula is C17H18N2O5. The first-order chi connectivity index (χ1) is 11.5. The molecule has 7 heteroatoms. The Bertz CT molecular complexity index is 746. The highest BCUT2D eigenvalue weighted by Crippen LogP contribution is 2.32. The van der Waals surface area contributed by atoms with Crippen molar-refractivity contribution in [3.05, 3.63) is 52.6 Å². The number of ether oxygens (including phenoxy) is 2. The van der Waals surface area contributed by atoms with Gasteiger partial charge in [0.15, 0.2) is 6.79 Å². The van der Waals surface area contributed by atoms with E-state index in [-0.39, 0.29) is 24.1 Å². The first kappa shape index (κ1) is 17.4. The molecule has 126 valence electrons. The van der Waals surface area contributed by atoms with E-state index < -0.39 is 4.92 Å². The van der Waals surface area contributed by atoms with Crippen molar-refractivity contribution in [2.75, 3.05) is 18.7 Å². The largest absolute Gasteiger partial charge is 0.468 e. The molecule has 2 aromatic rings. The molecule has 0 aromatic heterocycles. The minimum Gasteiger partial charge on any atom is -0.468 e. The normalized spacial score (nSPS) is 10.2. The van der Waals surface area contributed by atoms with Gasteiger partial charge in [-0.25, -0.2) is 0 Å². The van der Waals surface area contributed by atoms with E-state index in [1.807, 2.05) is 13.0 Å². The summed E-state index contributed by atoms with van der Waals surface area (Å²) in [5, 5.41) is 13.7. The van der Waals surface area contributed by atoms with E-state index in [0.717, 1.165) is 5.56 Å². The number of nitro benzene ring substituents is 1. The van der Waals surface area contributed by atoms with E-state index >= 15 is 0 Å². The maximum absolute atomic E-state index is 11.2. The number of benzene rings is 2. The monoisotopic (exact) mass is 330 g/mol. The minimum absolute atomic E-state index is 0.140. The molecule has 0 fully saturated rings. The summed E-state index contributed by atoms with van der Waals surface area (Å²) < 4.78 is 10.6. The molecule has 0 aliphatic carbocycles. The third kappa shape index (κ3) is 4.53. The topological polar surface area (TPSA) is 90.7 Å². The number of carbonyl (C=O) groups excluding carboxylic acids is 1. The molecule has 2 aromatic carbocycles. The van der Waals surface area contributed by atoms with Gasteiger partial charge in [0.25, 0.3) is 5.69 Å². The van der Waals surface area contributed by atoms with Crippen LogP contribution in [0.15, 0.2) is 42.5 Å². The molecule has 0 spiro atoms. The van der Waals surface area contributed by atoms with Crippen LogP contribution in [0.25, 0.3) is 11.1 Å². The van der Waals surface area contributed by atoms with Crippen molar-refractivity contribution in [2.24, 2.45) is 0 Å². The molecule has 0 unspecified atom stereocenters. The Hall–Kier alpha value is -2.93. The Kier molecular flexibility index (Phi) is 5.86. The van der Waals surface area contributed by atoms with E-state index in [1.165, 1.54) is 19.1 Å². The van der Waals surface area contributed by atoms with E-state index in [9.17, 15) is 14.9 Å². The van der Waals surface area contributed by atoms with Crippen LogP contribution >= 0.6 is 0 Å². The average molecular weight is 330 g/mol. The van der Waals surface area contributed by atoms with Crippen LogP contribution in [0, 0.1) is 10.1 Å². The van der Waals surface area contributed by atoms with Gasteiger partial charge in [0.1, 0.15) is 11.4 Å². The second kappa shape index (κ2) is 8.07. The summed E-state index contributed by atoms with van der Waals surface area (Å²) in [6.45, 7) is 3.87. The lowest BCUT2D eigenvalue weighted by molar-refractivity contribution is -0.383. The summed E-state index contributed by atoms with van der Waals surface area (Å²) in [5.41, 5.74) is 1.42. The van der Waals surface area contributed by atoms with Gasteiger partial charge in [0.05, 0.1) is 4.92 Å². The van der Waals surface area contributed by atoms with Gasteiger partial charge in [-0.15, -0.1) is 0 Å². The van der Waals surface area contributed by atoms with E-state index in [1.54, 1.807) is 24.3 Å². The zero-order valence-corrected chi connectivity index (χ0v) is 13.4. The second-order valence-corrected chi connectivity index (χ2v) is 4.95. The second-order valence-electron chi connectivity index (χ2n) is 4.95. The van der Waals surface area contributed by atoms with Gasteiger partial charge in [-0.1, -0.05) is 18.2 Å². The molecular weight excluding hydrogens is 312 g/mol. The van der Waals surface area contributed by atoms with Crippen LogP contribution in [0.5, 0.6) is 5.75 Å². The molecule has 0 atom stereocenters. The van der Waals surface area contributed by atoms with Gasteiger partial charge in [-0.2, -0.15) is 0 Å². The third-order valence-electron chi connectivity index (χ3n) is 3.19. The predicted octanol–water partition coefficient (Wildman–Crippen LogP) is 3.59. The van der Waals surface area contributed by atoms with Crippen molar-refractivity contribution in [2.45, 2.75) is 13.8 Å². The Labute approximate surface area is 139 Å². The lowest BCUT2D eigenvalue weighted by atomic mass is 10.0. The number of nitrogens with zero attached hydrogens (tertiary/aromatic N) is 1. The number of nitrogens with one attached hydrogen (secondary N) is 1. The molecule has 24 heavy (non-hydrogen) atoms. The van der Waals surface area contributed by atoms with Crippen molar-refractivity contribution in [3.8, 4) is 16.9 Å².